The zero-order chi connectivity index (χ0) is 14.3. The van der Waals surface area contributed by atoms with E-state index in [1.807, 2.05) is 0 Å². The SMILES string of the molecule is CC(C)N(CCO)CCOc1cccc(C(=O)O)c1. The molecule has 0 aromatic heterocycles. The van der Waals surface area contributed by atoms with E-state index in [2.05, 4.69) is 18.7 Å². The van der Waals surface area contributed by atoms with Crippen LogP contribution in [0, 0.1) is 0 Å². The third-order valence-electron chi connectivity index (χ3n) is 2.85. The number of rotatable bonds is 8. The number of carboxylic acids is 1. The number of aliphatic hydroxyl groups excluding tert-OH is 1. The van der Waals surface area contributed by atoms with Gasteiger partial charge in [-0.25, -0.2) is 4.79 Å². The Morgan fingerprint density at radius 2 is 2.11 bits per heavy atom. The highest BCUT2D eigenvalue weighted by molar-refractivity contribution is 5.87. The van der Waals surface area contributed by atoms with Crippen LogP contribution in [0.15, 0.2) is 24.3 Å². The monoisotopic (exact) mass is 267 g/mol. The molecule has 0 unspecified atom stereocenters. The molecule has 0 spiro atoms. The van der Waals surface area contributed by atoms with Crippen LogP contribution >= 0.6 is 0 Å². The molecule has 0 saturated carbocycles. The minimum atomic E-state index is -0.963. The van der Waals surface area contributed by atoms with E-state index < -0.39 is 5.97 Å². The van der Waals surface area contributed by atoms with E-state index in [1.165, 1.54) is 12.1 Å². The van der Waals surface area contributed by atoms with Crippen molar-refractivity contribution in [3.63, 3.8) is 0 Å². The maximum atomic E-state index is 10.8. The lowest BCUT2D eigenvalue weighted by atomic mass is 10.2. The minimum Gasteiger partial charge on any atom is -0.492 e. The molecule has 0 bridgehead atoms. The van der Waals surface area contributed by atoms with Crippen LogP contribution in [0.1, 0.15) is 24.2 Å². The largest absolute Gasteiger partial charge is 0.492 e. The van der Waals surface area contributed by atoms with E-state index in [0.29, 0.717) is 31.5 Å². The van der Waals surface area contributed by atoms with Crippen LogP contribution in [-0.4, -0.2) is 53.4 Å². The number of aromatic carboxylic acids is 1. The zero-order valence-corrected chi connectivity index (χ0v) is 11.4. The third kappa shape index (κ3) is 5.28. The van der Waals surface area contributed by atoms with Crippen LogP contribution in [-0.2, 0) is 0 Å². The van der Waals surface area contributed by atoms with Crippen LogP contribution < -0.4 is 4.74 Å². The highest BCUT2D eigenvalue weighted by Gasteiger charge is 2.09. The Balaban J connectivity index is 2.48. The lowest BCUT2D eigenvalue weighted by molar-refractivity contribution is 0.0696. The standard InChI is InChI=1S/C14H21NO4/c1-11(2)15(6-8-16)7-9-19-13-5-3-4-12(10-13)14(17)18/h3-5,10-11,16H,6-9H2,1-2H3,(H,17,18). The Labute approximate surface area is 113 Å². The summed E-state index contributed by atoms with van der Waals surface area (Å²) in [6.07, 6.45) is 0. The molecule has 0 aliphatic heterocycles. The summed E-state index contributed by atoms with van der Waals surface area (Å²) in [5.41, 5.74) is 0.216. The Morgan fingerprint density at radius 3 is 2.68 bits per heavy atom. The molecule has 5 heteroatoms. The van der Waals surface area contributed by atoms with Crippen molar-refractivity contribution in [2.75, 3.05) is 26.3 Å². The van der Waals surface area contributed by atoms with E-state index >= 15 is 0 Å². The number of nitrogens with zero attached hydrogens (tertiary/aromatic N) is 1. The van der Waals surface area contributed by atoms with Gasteiger partial charge in [0.1, 0.15) is 12.4 Å². The molecule has 0 saturated heterocycles. The van der Waals surface area contributed by atoms with Crippen LogP contribution in [0.5, 0.6) is 5.75 Å². The highest BCUT2D eigenvalue weighted by Crippen LogP contribution is 2.13. The van der Waals surface area contributed by atoms with Crippen molar-refractivity contribution in [3.8, 4) is 5.75 Å². The Hall–Kier alpha value is -1.59. The molecule has 0 aliphatic rings. The first-order valence-electron chi connectivity index (χ1n) is 6.35. The molecule has 1 aromatic rings. The van der Waals surface area contributed by atoms with Gasteiger partial charge in [-0.05, 0) is 32.0 Å². The van der Waals surface area contributed by atoms with Gasteiger partial charge in [-0.1, -0.05) is 6.07 Å². The maximum Gasteiger partial charge on any atom is 0.335 e. The summed E-state index contributed by atoms with van der Waals surface area (Å²) >= 11 is 0. The summed E-state index contributed by atoms with van der Waals surface area (Å²) in [4.78, 5) is 12.9. The summed E-state index contributed by atoms with van der Waals surface area (Å²) in [6.45, 7) is 5.99. The van der Waals surface area contributed by atoms with Crippen molar-refractivity contribution in [2.45, 2.75) is 19.9 Å². The van der Waals surface area contributed by atoms with Crippen LogP contribution in [0.25, 0.3) is 0 Å². The van der Waals surface area contributed by atoms with E-state index in [4.69, 9.17) is 14.9 Å². The summed E-state index contributed by atoms with van der Waals surface area (Å²) < 4.78 is 5.54. The molecule has 0 aliphatic carbocycles. The fraction of sp³-hybridized carbons (Fsp3) is 0.500. The summed E-state index contributed by atoms with van der Waals surface area (Å²) in [5, 5.41) is 17.8. The molecule has 2 N–H and O–H groups in total. The molecule has 0 atom stereocenters. The number of aliphatic hydroxyl groups is 1. The predicted octanol–water partition coefficient (Wildman–Crippen LogP) is 1.47. The average Bonchev–Trinajstić information content (AvgIpc) is 2.38. The van der Waals surface area contributed by atoms with E-state index in [0.717, 1.165) is 0 Å². The summed E-state index contributed by atoms with van der Waals surface area (Å²) in [5.74, 6) is -0.415. The maximum absolute atomic E-state index is 10.8. The van der Waals surface area contributed by atoms with Gasteiger partial charge in [0, 0.05) is 19.1 Å². The van der Waals surface area contributed by atoms with E-state index in [1.54, 1.807) is 12.1 Å². The number of hydrogen-bond donors (Lipinski definition) is 2. The van der Waals surface area contributed by atoms with Crippen molar-refractivity contribution in [1.82, 2.24) is 4.90 Å². The van der Waals surface area contributed by atoms with Crippen molar-refractivity contribution in [3.05, 3.63) is 29.8 Å². The Kier molecular flexibility index (Phi) is 6.32. The first-order valence-corrected chi connectivity index (χ1v) is 6.35. The number of benzene rings is 1. The number of carboxylic acid groups (broad SMARTS) is 1. The van der Waals surface area contributed by atoms with Crippen LogP contribution in [0.3, 0.4) is 0 Å². The number of carbonyl (C=O) groups is 1. The first-order chi connectivity index (χ1) is 9.04. The van der Waals surface area contributed by atoms with Gasteiger partial charge in [-0.15, -0.1) is 0 Å². The van der Waals surface area contributed by atoms with Gasteiger partial charge in [0.25, 0.3) is 0 Å². The molecule has 5 nitrogen and oxygen atoms in total. The second-order valence-corrected chi connectivity index (χ2v) is 4.53. The average molecular weight is 267 g/mol. The third-order valence-corrected chi connectivity index (χ3v) is 2.85. The lowest BCUT2D eigenvalue weighted by Crippen LogP contribution is -2.36. The number of ether oxygens (including phenoxy) is 1. The molecule has 0 fully saturated rings. The normalized spacial score (nSPS) is 11.0. The molecular weight excluding hydrogens is 246 g/mol. The van der Waals surface area contributed by atoms with Gasteiger partial charge in [0.15, 0.2) is 0 Å². The Morgan fingerprint density at radius 1 is 1.37 bits per heavy atom. The smallest absolute Gasteiger partial charge is 0.335 e. The molecule has 106 valence electrons. The first kappa shape index (κ1) is 15.5. The fourth-order valence-corrected chi connectivity index (χ4v) is 1.76. The van der Waals surface area contributed by atoms with Gasteiger partial charge >= 0.3 is 5.97 Å². The predicted molar refractivity (Wildman–Crippen MR) is 72.7 cm³/mol. The van der Waals surface area contributed by atoms with Crippen molar-refractivity contribution < 1.29 is 19.7 Å². The molecule has 1 aromatic carbocycles. The molecule has 0 radical (unpaired) electrons. The van der Waals surface area contributed by atoms with Crippen LogP contribution in [0.4, 0.5) is 0 Å². The topological polar surface area (TPSA) is 70.0 Å². The summed E-state index contributed by atoms with van der Waals surface area (Å²) in [7, 11) is 0. The quantitative estimate of drug-likeness (QED) is 0.746. The molecule has 0 amide bonds. The van der Waals surface area contributed by atoms with Crippen molar-refractivity contribution in [2.24, 2.45) is 0 Å². The van der Waals surface area contributed by atoms with Crippen LogP contribution in [0.2, 0.25) is 0 Å². The van der Waals surface area contributed by atoms with Crippen molar-refractivity contribution in [1.29, 1.82) is 0 Å². The molecular formula is C14H21NO4. The molecule has 0 heterocycles. The van der Waals surface area contributed by atoms with Gasteiger partial charge in [0.2, 0.25) is 0 Å². The second-order valence-electron chi connectivity index (χ2n) is 4.53. The second kappa shape index (κ2) is 7.76. The minimum absolute atomic E-state index is 0.118. The van der Waals surface area contributed by atoms with E-state index in [9.17, 15) is 4.79 Å². The Bertz CT molecular complexity index is 406. The van der Waals surface area contributed by atoms with Gasteiger partial charge in [-0.2, -0.15) is 0 Å². The lowest BCUT2D eigenvalue weighted by Gasteiger charge is -2.25. The molecule has 19 heavy (non-hydrogen) atoms. The number of hydrogen-bond acceptors (Lipinski definition) is 4. The fourth-order valence-electron chi connectivity index (χ4n) is 1.76. The molecule has 1 rings (SSSR count). The highest BCUT2D eigenvalue weighted by atomic mass is 16.5. The zero-order valence-electron chi connectivity index (χ0n) is 11.4. The van der Waals surface area contributed by atoms with Gasteiger partial charge < -0.3 is 14.9 Å². The van der Waals surface area contributed by atoms with Gasteiger partial charge in [0.05, 0.1) is 12.2 Å². The van der Waals surface area contributed by atoms with Crippen molar-refractivity contribution >= 4 is 5.97 Å². The summed E-state index contributed by atoms with van der Waals surface area (Å²) in [6, 6.07) is 6.77. The van der Waals surface area contributed by atoms with Gasteiger partial charge in [-0.3, -0.25) is 4.90 Å². The van der Waals surface area contributed by atoms with E-state index in [-0.39, 0.29) is 12.2 Å².